The van der Waals surface area contributed by atoms with Gasteiger partial charge in [0.2, 0.25) is 0 Å². The Morgan fingerprint density at radius 1 is 0.912 bits per heavy atom. The summed E-state index contributed by atoms with van der Waals surface area (Å²) < 4.78 is 53.5. The first-order valence-corrected chi connectivity index (χ1v) is 11.3. The number of nitrogens with zero attached hydrogens (tertiary/aromatic N) is 5. The number of carbonyl (C=O) groups excluding carboxylic acids is 1. The molecule has 178 valence electrons. The molecule has 6 nitrogen and oxygen atoms in total. The van der Waals surface area contributed by atoms with Gasteiger partial charge in [-0.1, -0.05) is 0 Å². The molecule has 1 aromatic carbocycles. The van der Waals surface area contributed by atoms with Crippen molar-refractivity contribution in [1.82, 2.24) is 19.7 Å². The smallest absolute Gasteiger partial charge is 0.353 e. The molecule has 3 heterocycles. The maximum Gasteiger partial charge on any atom is 0.417 e. The number of carbonyl (C=O) groups is 1. The third-order valence-corrected chi connectivity index (χ3v) is 6.42. The molecule has 10 heteroatoms. The molecule has 2 aliphatic rings. The van der Waals surface area contributed by atoms with Crippen molar-refractivity contribution in [2.45, 2.75) is 31.9 Å². The van der Waals surface area contributed by atoms with E-state index in [0.29, 0.717) is 37.7 Å². The minimum Gasteiger partial charge on any atom is -0.353 e. The normalized spacial score (nSPS) is 16.5. The number of hydrogen-bond donors (Lipinski definition) is 0. The Morgan fingerprint density at radius 3 is 2.26 bits per heavy atom. The van der Waals surface area contributed by atoms with Gasteiger partial charge in [-0.2, -0.15) is 18.3 Å². The summed E-state index contributed by atoms with van der Waals surface area (Å²) in [4.78, 5) is 21.0. The van der Waals surface area contributed by atoms with Gasteiger partial charge in [0.25, 0.3) is 5.91 Å². The van der Waals surface area contributed by atoms with Crippen LogP contribution >= 0.6 is 0 Å². The van der Waals surface area contributed by atoms with Gasteiger partial charge in [0.05, 0.1) is 11.3 Å². The second-order valence-electron chi connectivity index (χ2n) is 8.55. The highest BCUT2D eigenvalue weighted by molar-refractivity contribution is 5.94. The van der Waals surface area contributed by atoms with Gasteiger partial charge in [0.1, 0.15) is 11.6 Å². The van der Waals surface area contributed by atoms with Gasteiger partial charge in [0, 0.05) is 43.6 Å². The van der Waals surface area contributed by atoms with Gasteiger partial charge in [-0.25, -0.2) is 14.1 Å². The molecule has 5 rings (SSSR count). The lowest BCUT2D eigenvalue weighted by atomic mass is 9.95. The Hall–Kier alpha value is -3.43. The van der Waals surface area contributed by atoms with E-state index in [1.54, 1.807) is 21.7 Å². The molecule has 0 atom stereocenters. The highest BCUT2D eigenvalue weighted by Crippen LogP contribution is 2.30. The fourth-order valence-corrected chi connectivity index (χ4v) is 4.60. The Morgan fingerprint density at radius 2 is 1.62 bits per heavy atom. The molecule has 2 aromatic heterocycles. The number of halogens is 4. The maximum atomic E-state index is 13.4. The summed E-state index contributed by atoms with van der Waals surface area (Å²) in [6.45, 7) is 1.76. The molecule has 0 unspecified atom stereocenters. The molecule has 1 aliphatic carbocycles. The number of rotatable bonds is 3. The zero-order valence-corrected chi connectivity index (χ0v) is 18.4. The monoisotopic (exact) mass is 473 g/mol. The van der Waals surface area contributed by atoms with Crippen molar-refractivity contribution in [1.29, 1.82) is 0 Å². The van der Waals surface area contributed by atoms with Crippen LogP contribution in [-0.4, -0.2) is 51.8 Å². The van der Waals surface area contributed by atoms with Crippen molar-refractivity contribution in [2.75, 3.05) is 31.1 Å². The van der Waals surface area contributed by atoms with Crippen LogP contribution in [0.1, 0.15) is 40.2 Å². The van der Waals surface area contributed by atoms with E-state index in [1.807, 2.05) is 4.90 Å². The molecule has 0 bridgehead atoms. The summed E-state index contributed by atoms with van der Waals surface area (Å²) in [5.74, 6) is -0.0291. The Labute approximate surface area is 193 Å². The molecule has 1 saturated heterocycles. The molecule has 3 aromatic rings. The molecule has 0 saturated carbocycles. The average molecular weight is 473 g/mol. The van der Waals surface area contributed by atoms with Gasteiger partial charge in [-0.15, -0.1) is 0 Å². The van der Waals surface area contributed by atoms with E-state index in [9.17, 15) is 22.4 Å². The SMILES string of the molecule is O=C(c1nn(-c2ccc(F)cc2)c2c1CCCC2)N1CCN(c2ccc(C(F)(F)F)cn2)CC1. The summed E-state index contributed by atoms with van der Waals surface area (Å²) in [6.07, 6.45) is -0.0240. The van der Waals surface area contributed by atoms with Gasteiger partial charge >= 0.3 is 6.18 Å². The van der Waals surface area contributed by atoms with Gasteiger partial charge < -0.3 is 9.80 Å². The molecule has 0 N–H and O–H groups in total. The van der Waals surface area contributed by atoms with E-state index >= 15 is 0 Å². The van der Waals surface area contributed by atoms with Crippen molar-refractivity contribution in [3.8, 4) is 5.69 Å². The number of benzene rings is 1. The second-order valence-corrected chi connectivity index (χ2v) is 8.55. The fraction of sp³-hybridized carbons (Fsp3) is 0.375. The molecule has 0 radical (unpaired) electrons. The Bertz CT molecular complexity index is 1180. The van der Waals surface area contributed by atoms with Crippen LogP contribution in [0.15, 0.2) is 42.6 Å². The van der Waals surface area contributed by atoms with Crippen molar-refractivity contribution in [3.05, 3.63) is 70.9 Å². The zero-order chi connectivity index (χ0) is 23.9. The topological polar surface area (TPSA) is 54.3 Å². The summed E-state index contributed by atoms with van der Waals surface area (Å²) in [5, 5.41) is 4.65. The van der Waals surface area contributed by atoms with Crippen LogP contribution in [0.3, 0.4) is 0 Å². The number of pyridine rings is 1. The van der Waals surface area contributed by atoms with Gasteiger partial charge in [-0.3, -0.25) is 4.79 Å². The number of alkyl halides is 3. The molecule has 0 spiro atoms. The van der Waals surface area contributed by atoms with Crippen LogP contribution in [0.2, 0.25) is 0 Å². The van der Waals surface area contributed by atoms with E-state index in [0.717, 1.165) is 54.9 Å². The number of amides is 1. The summed E-state index contributed by atoms with van der Waals surface area (Å²) in [5.41, 5.74) is 2.31. The van der Waals surface area contributed by atoms with E-state index in [2.05, 4.69) is 10.1 Å². The Kier molecular flexibility index (Phi) is 5.75. The maximum absolute atomic E-state index is 13.4. The standard InChI is InChI=1S/C24H23F4N5O/c25-17-6-8-18(9-7-17)33-20-4-2-1-3-19(20)22(30-33)23(34)32-13-11-31(12-14-32)21-10-5-16(15-29-21)24(26,27)28/h5-10,15H,1-4,11-14H2. The Balaban J connectivity index is 1.32. The third kappa shape index (κ3) is 4.24. The second kappa shape index (κ2) is 8.73. The average Bonchev–Trinajstić information content (AvgIpc) is 3.23. The lowest BCUT2D eigenvalue weighted by Gasteiger charge is -2.35. The minimum atomic E-state index is -4.42. The molecule has 1 aliphatic heterocycles. The largest absolute Gasteiger partial charge is 0.417 e. The quantitative estimate of drug-likeness (QED) is 0.534. The van der Waals surface area contributed by atoms with Gasteiger partial charge in [0.15, 0.2) is 5.69 Å². The summed E-state index contributed by atoms with van der Waals surface area (Å²) in [6, 6.07) is 8.45. The highest BCUT2D eigenvalue weighted by atomic mass is 19.4. The van der Waals surface area contributed by atoms with Crippen LogP contribution in [0, 0.1) is 5.82 Å². The van der Waals surface area contributed by atoms with Crippen LogP contribution in [0.5, 0.6) is 0 Å². The summed E-state index contributed by atoms with van der Waals surface area (Å²) >= 11 is 0. The summed E-state index contributed by atoms with van der Waals surface area (Å²) in [7, 11) is 0. The van der Waals surface area contributed by atoms with Crippen LogP contribution < -0.4 is 4.90 Å². The number of fused-ring (bicyclic) bond motifs is 1. The van der Waals surface area contributed by atoms with Crippen LogP contribution in [0.4, 0.5) is 23.4 Å². The van der Waals surface area contributed by atoms with E-state index in [-0.39, 0.29) is 11.7 Å². The molecular weight excluding hydrogens is 450 g/mol. The molecule has 1 fully saturated rings. The minimum absolute atomic E-state index is 0.154. The lowest BCUT2D eigenvalue weighted by Crippen LogP contribution is -2.49. The molecular formula is C24H23F4N5O. The van der Waals surface area contributed by atoms with E-state index in [1.165, 1.54) is 18.2 Å². The third-order valence-electron chi connectivity index (χ3n) is 6.42. The first kappa shape index (κ1) is 22.4. The van der Waals surface area contributed by atoms with E-state index < -0.39 is 11.7 Å². The first-order chi connectivity index (χ1) is 16.3. The number of hydrogen-bond acceptors (Lipinski definition) is 4. The van der Waals surface area contributed by atoms with Gasteiger partial charge in [-0.05, 0) is 62.1 Å². The van der Waals surface area contributed by atoms with Crippen molar-refractivity contribution < 1.29 is 22.4 Å². The van der Waals surface area contributed by atoms with E-state index in [4.69, 9.17) is 0 Å². The number of piperazine rings is 1. The van der Waals surface area contributed by atoms with Crippen LogP contribution in [0.25, 0.3) is 5.69 Å². The predicted molar refractivity (Wildman–Crippen MR) is 118 cm³/mol. The zero-order valence-electron chi connectivity index (χ0n) is 18.4. The lowest BCUT2D eigenvalue weighted by molar-refractivity contribution is -0.137. The fourth-order valence-electron chi connectivity index (χ4n) is 4.60. The van der Waals surface area contributed by atoms with Crippen molar-refractivity contribution in [2.24, 2.45) is 0 Å². The highest BCUT2D eigenvalue weighted by Gasteiger charge is 2.32. The molecule has 34 heavy (non-hydrogen) atoms. The number of anilines is 1. The van der Waals surface area contributed by atoms with Crippen molar-refractivity contribution >= 4 is 11.7 Å². The molecule has 1 amide bonds. The van der Waals surface area contributed by atoms with Crippen LogP contribution in [-0.2, 0) is 19.0 Å². The predicted octanol–water partition coefficient (Wildman–Crippen LogP) is 4.27. The number of aromatic nitrogens is 3. The van der Waals surface area contributed by atoms with Crippen molar-refractivity contribution in [3.63, 3.8) is 0 Å². The first-order valence-electron chi connectivity index (χ1n) is 11.3.